The third-order valence-corrected chi connectivity index (χ3v) is 4.47. The number of carbonyl (C=O) groups excluding carboxylic acids is 1. The van der Waals surface area contributed by atoms with E-state index >= 15 is 0 Å². The van der Waals surface area contributed by atoms with Gasteiger partial charge in [-0.2, -0.15) is 0 Å². The number of fused-ring (bicyclic) bond motifs is 1. The van der Waals surface area contributed by atoms with Crippen molar-refractivity contribution in [2.45, 2.75) is 39.2 Å². The number of amides is 1. The number of rotatable bonds is 4. The summed E-state index contributed by atoms with van der Waals surface area (Å²) in [6, 6.07) is 0.235. The van der Waals surface area contributed by atoms with Gasteiger partial charge in [-0.25, -0.2) is 9.97 Å². The van der Waals surface area contributed by atoms with Crippen molar-refractivity contribution in [1.29, 1.82) is 0 Å². The molecule has 0 aromatic carbocycles. The van der Waals surface area contributed by atoms with Gasteiger partial charge in [-0.15, -0.1) is 0 Å². The van der Waals surface area contributed by atoms with Gasteiger partial charge in [0.05, 0.1) is 12.0 Å². The van der Waals surface area contributed by atoms with E-state index in [1.165, 1.54) is 0 Å². The van der Waals surface area contributed by atoms with Gasteiger partial charge in [-0.3, -0.25) is 4.79 Å². The Kier molecular flexibility index (Phi) is 3.94. The van der Waals surface area contributed by atoms with Gasteiger partial charge in [0, 0.05) is 25.2 Å². The topological polar surface area (TPSA) is 70.2 Å². The number of hydrogen-bond acceptors (Lipinski definition) is 5. The van der Waals surface area contributed by atoms with Crippen LogP contribution in [0.25, 0.3) is 0 Å². The second-order valence-electron chi connectivity index (χ2n) is 5.85. The Hall–Kier alpha value is -1.85. The summed E-state index contributed by atoms with van der Waals surface area (Å²) < 4.78 is 0. The van der Waals surface area contributed by atoms with Gasteiger partial charge in [0.15, 0.2) is 0 Å². The Morgan fingerprint density at radius 2 is 2.33 bits per heavy atom. The van der Waals surface area contributed by atoms with Crippen LogP contribution < -0.4 is 15.5 Å². The zero-order valence-electron chi connectivity index (χ0n) is 12.7. The van der Waals surface area contributed by atoms with Crippen molar-refractivity contribution >= 4 is 17.5 Å². The molecule has 6 heteroatoms. The molecular formula is C15H23N5O. The molecule has 3 heterocycles. The van der Waals surface area contributed by atoms with Crippen molar-refractivity contribution in [3.05, 3.63) is 11.9 Å². The van der Waals surface area contributed by atoms with Crippen LogP contribution in [0.4, 0.5) is 11.6 Å². The summed E-state index contributed by atoms with van der Waals surface area (Å²) in [4.78, 5) is 23.0. The number of aromatic nitrogens is 2. The zero-order valence-corrected chi connectivity index (χ0v) is 12.7. The van der Waals surface area contributed by atoms with Crippen molar-refractivity contribution < 1.29 is 4.79 Å². The van der Waals surface area contributed by atoms with Crippen LogP contribution >= 0.6 is 0 Å². The molecule has 2 aliphatic rings. The molecule has 2 N–H and O–H groups in total. The normalized spacial score (nSPS) is 24.7. The maximum atomic E-state index is 11.9. The maximum Gasteiger partial charge on any atom is 0.225 e. The molecule has 1 amide bonds. The minimum atomic E-state index is 0.111. The monoisotopic (exact) mass is 289 g/mol. The smallest absolute Gasteiger partial charge is 0.225 e. The van der Waals surface area contributed by atoms with E-state index in [4.69, 9.17) is 0 Å². The Morgan fingerprint density at radius 1 is 1.48 bits per heavy atom. The Labute approximate surface area is 125 Å². The fourth-order valence-electron chi connectivity index (χ4n) is 3.37. The molecule has 0 bridgehead atoms. The van der Waals surface area contributed by atoms with Gasteiger partial charge in [-0.05, 0) is 26.2 Å². The van der Waals surface area contributed by atoms with Gasteiger partial charge in [-0.1, -0.05) is 6.92 Å². The third-order valence-electron chi connectivity index (χ3n) is 4.47. The molecule has 0 spiro atoms. The van der Waals surface area contributed by atoms with E-state index < -0.39 is 0 Å². The number of nitrogens with one attached hydrogen (secondary N) is 2. The molecule has 2 unspecified atom stereocenters. The second kappa shape index (κ2) is 5.87. The average molecular weight is 289 g/mol. The zero-order chi connectivity index (χ0) is 14.8. The molecule has 2 fully saturated rings. The standard InChI is InChI=1S/C15H23N5O/c1-3-6-16-13-10(2)14(19-9-18-13)20-7-4-5-11-12(20)8-17-15(11)21/h9,11-12H,3-8H2,1-2H3,(H,17,21)(H,16,18,19). The lowest BCUT2D eigenvalue weighted by molar-refractivity contribution is -0.122. The molecule has 2 atom stereocenters. The van der Waals surface area contributed by atoms with Gasteiger partial charge < -0.3 is 15.5 Å². The molecule has 1 aromatic rings. The van der Waals surface area contributed by atoms with E-state index in [1.807, 2.05) is 0 Å². The van der Waals surface area contributed by atoms with Crippen LogP contribution in [0.5, 0.6) is 0 Å². The summed E-state index contributed by atoms with van der Waals surface area (Å²) in [5, 5.41) is 6.34. The molecule has 0 aliphatic carbocycles. The molecule has 0 radical (unpaired) electrons. The summed E-state index contributed by atoms with van der Waals surface area (Å²) in [6.45, 7) is 6.78. The van der Waals surface area contributed by atoms with Gasteiger partial charge in [0.1, 0.15) is 18.0 Å². The van der Waals surface area contributed by atoms with Crippen LogP contribution in [0.2, 0.25) is 0 Å². The first-order valence-electron chi connectivity index (χ1n) is 7.82. The fourth-order valence-corrected chi connectivity index (χ4v) is 3.37. The van der Waals surface area contributed by atoms with Crippen LogP contribution in [0.15, 0.2) is 6.33 Å². The number of piperidine rings is 1. The predicted octanol–water partition coefficient (Wildman–Crippen LogP) is 1.32. The van der Waals surface area contributed by atoms with Crippen molar-refractivity contribution in [2.75, 3.05) is 29.9 Å². The lowest BCUT2D eigenvalue weighted by Crippen LogP contribution is -2.46. The number of hydrogen-bond donors (Lipinski definition) is 2. The van der Waals surface area contributed by atoms with E-state index in [0.29, 0.717) is 0 Å². The molecular weight excluding hydrogens is 266 g/mol. The van der Waals surface area contributed by atoms with E-state index in [9.17, 15) is 4.79 Å². The first-order valence-corrected chi connectivity index (χ1v) is 7.82. The van der Waals surface area contributed by atoms with Crippen molar-refractivity contribution in [3.63, 3.8) is 0 Å². The summed E-state index contributed by atoms with van der Waals surface area (Å²) in [6.07, 6.45) is 4.70. The fraction of sp³-hybridized carbons (Fsp3) is 0.667. The highest BCUT2D eigenvalue weighted by Gasteiger charge is 2.41. The van der Waals surface area contributed by atoms with E-state index in [2.05, 4.69) is 39.3 Å². The summed E-state index contributed by atoms with van der Waals surface area (Å²) in [5.74, 6) is 2.18. The number of carbonyl (C=O) groups is 1. The second-order valence-corrected chi connectivity index (χ2v) is 5.85. The SMILES string of the molecule is CCCNc1ncnc(N2CCCC3C(=O)NCC32)c1C. The number of nitrogens with zero attached hydrogens (tertiary/aromatic N) is 3. The quantitative estimate of drug-likeness (QED) is 0.875. The van der Waals surface area contributed by atoms with Crippen LogP contribution in [0, 0.1) is 12.8 Å². The molecule has 21 heavy (non-hydrogen) atoms. The molecule has 114 valence electrons. The summed E-state index contributed by atoms with van der Waals surface area (Å²) in [5.41, 5.74) is 1.07. The average Bonchev–Trinajstić information content (AvgIpc) is 2.88. The number of anilines is 2. The summed E-state index contributed by atoms with van der Waals surface area (Å²) >= 11 is 0. The predicted molar refractivity (Wildman–Crippen MR) is 82.4 cm³/mol. The third kappa shape index (κ3) is 2.54. The lowest BCUT2D eigenvalue weighted by Gasteiger charge is -2.37. The molecule has 2 aliphatic heterocycles. The molecule has 1 aromatic heterocycles. The Morgan fingerprint density at radius 3 is 3.14 bits per heavy atom. The van der Waals surface area contributed by atoms with Crippen LogP contribution in [0.3, 0.4) is 0 Å². The van der Waals surface area contributed by atoms with E-state index in [0.717, 1.165) is 56.1 Å². The highest BCUT2D eigenvalue weighted by atomic mass is 16.2. The Balaban J connectivity index is 1.87. The molecule has 6 nitrogen and oxygen atoms in total. The first kappa shape index (κ1) is 14.1. The van der Waals surface area contributed by atoms with Crippen molar-refractivity contribution in [2.24, 2.45) is 5.92 Å². The molecule has 3 rings (SSSR count). The van der Waals surface area contributed by atoms with Crippen LogP contribution in [-0.2, 0) is 4.79 Å². The minimum Gasteiger partial charge on any atom is -0.370 e. The van der Waals surface area contributed by atoms with E-state index in [-0.39, 0.29) is 17.9 Å². The highest BCUT2D eigenvalue weighted by molar-refractivity contribution is 5.83. The van der Waals surface area contributed by atoms with Crippen molar-refractivity contribution in [1.82, 2.24) is 15.3 Å². The molecule has 0 saturated carbocycles. The highest BCUT2D eigenvalue weighted by Crippen LogP contribution is 2.33. The largest absolute Gasteiger partial charge is 0.370 e. The minimum absolute atomic E-state index is 0.111. The lowest BCUT2D eigenvalue weighted by atomic mass is 9.91. The van der Waals surface area contributed by atoms with Gasteiger partial charge in [0.2, 0.25) is 5.91 Å². The van der Waals surface area contributed by atoms with Crippen LogP contribution in [0.1, 0.15) is 31.7 Å². The summed E-state index contributed by atoms with van der Waals surface area (Å²) in [7, 11) is 0. The first-order chi connectivity index (χ1) is 10.2. The molecule has 2 saturated heterocycles. The van der Waals surface area contributed by atoms with Gasteiger partial charge >= 0.3 is 0 Å². The van der Waals surface area contributed by atoms with Crippen molar-refractivity contribution in [3.8, 4) is 0 Å². The van der Waals surface area contributed by atoms with Crippen LogP contribution in [-0.4, -0.2) is 41.6 Å². The van der Waals surface area contributed by atoms with E-state index in [1.54, 1.807) is 6.33 Å². The Bertz CT molecular complexity index is 533. The maximum absolute atomic E-state index is 11.9. The van der Waals surface area contributed by atoms with Gasteiger partial charge in [0.25, 0.3) is 0 Å².